The van der Waals surface area contributed by atoms with E-state index >= 15 is 0 Å². The van der Waals surface area contributed by atoms with Gasteiger partial charge in [-0.15, -0.1) is 0 Å². The van der Waals surface area contributed by atoms with Crippen LogP contribution in [0.5, 0.6) is 0 Å². The third kappa shape index (κ3) is 3.88. The zero-order valence-electron chi connectivity index (χ0n) is 14.0. The van der Waals surface area contributed by atoms with Crippen LogP contribution in [-0.4, -0.2) is 37.7 Å². The Labute approximate surface area is 137 Å². The Bertz CT molecular complexity index is 636. The summed E-state index contributed by atoms with van der Waals surface area (Å²) in [6, 6.07) is 2.53. The maximum Gasteiger partial charge on any atom is 0.145 e. The molecule has 6 nitrogen and oxygen atoms in total. The summed E-state index contributed by atoms with van der Waals surface area (Å²) in [6.45, 7) is 7.54. The Morgan fingerprint density at radius 2 is 2.09 bits per heavy atom. The maximum atomic E-state index is 5.94. The van der Waals surface area contributed by atoms with E-state index in [9.17, 15) is 0 Å². The second-order valence-corrected chi connectivity index (χ2v) is 6.70. The number of likely N-dealkylation sites (tertiary alicyclic amines) is 1. The van der Waals surface area contributed by atoms with E-state index in [-0.39, 0.29) is 0 Å². The summed E-state index contributed by atoms with van der Waals surface area (Å²) < 4.78 is 2.12. The Balaban J connectivity index is 1.62. The molecular weight excluding hydrogens is 288 g/mol. The summed E-state index contributed by atoms with van der Waals surface area (Å²) in [4.78, 5) is 11.1. The Morgan fingerprint density at radius 3 is 2.87 bits per heavy atom. The number of nitrogens with two attached hydrogens (primary N) is 1. The number of piperidine rings is 1. The van der Waals surface area contributed by atoms with Crippen LogP contribution in [0.4, 0.5) is 5.82 Å². The number of nitrogen functional groups attached to an aromatic ring is 1. The molecule has 0 saturated carbocycles. The molecule has 0 aromatic carbocycles. The minimum atomic E-state index is 0.403. The largest absolute Gasteiger partial charge is 0.382 e. The van der Waals surface area contributed by atoms with Gasteiger partial charge in [-0.2, -0.15) is 5.10 Å². The topological polar surface area (TPSA) is 72.9 Å². The molecule has 0 radical (unpaired) electrons. The summed E-state index contributed by atoms with van der Waals surface area (Å²) in [5.74, 6) is 1.17. The van der Waals surface area contributed by atoms with Gasteiger partial charge in [-0.25, -0.2) is 4.98 Å². The molecule has 1 fully saturated rings. The molecule has 1 atom stereocenters. The lowest BCUT2D eigenvalue weighted by molar-refractivity contribution is 0.161. The van der Waals surface area contributed by atoms with Gasteiger partial charge in [-0.1, -0.05) is 0 Å². The molecule has 2 aromatic heterocycles. The summed E-state index contributed by atoms with van der Waals surface area (Å²) in [5.41, 5.74) is 8.16. The minimum absolute atomic E-state index is 0.403. The molecule has 2 N–H and O–H groups in total. The predicted molar refractivity (Wildman–Crippen MR) is 90.8 cm³/mol. The molecule has 23 heavy (non-hydrogen) atoms. The van der Waals surface area contributed by atoms with E-state index in [1.54, 1.807) is 12.4 Å². The zero-order chi connectivity index (χ0) is 16.2. The number of hydrogen-bond donors (Lipinski definition) is 1. The smallest absolute Gasteiger partial charge is 0.145 e. The van der Waals surface area contributed by atoms with Crippen molar-refractivity contribution in [2.24, 2.45) is 5.92 Å². The van der Waals surface area contributed by atoms with Gasteiger partial charge in [0.2, 0.25) is 0 Å². The predicted octanol–water partition coefficient (Wildman–Crippen LogP) is 2.29. The van der Waals surface area contributed by atoms with Crippen molar-refractivity contribution in [3.05, 3.63) is 36.0 Å². The van der Waals surface area contributed by atoms with Crippen molar-refractivity contribution in [2.45, 2.75) is 45.7 Å². The summed E-state index contributed by atoms with van der Waals surface area (Å²) in [6.07, 6.45) is 8.65. The van der Waals surface area contributed by atoms with Gasteiger partial charge in [0.25, 0.3) is 0 Å². The summed E-state index contributed by atoms with van der Waals surface area (Å²) in [5, 5.41) is 4.43. The Kier molecular flexibility index (Phi) is 4.91. The van der Waals surface area contributed by atoms with Gasteiger partial charge in [-0.3, -0.25) is 14.6 Å². The zero-order valence-corrected chi connectivity index (χ0v) is 14.0. The normalized spacial score (nSPS) is 19.3. The van der Waals surface area contributed by atoms with Crippen LogP contribution in [-0.2, 0) is 13.0 Å². The molecule has 3 rings (SSSR count). The molecule has 0 spiro atoms. The molecule has 6 heteroatoms. The number of rotatable bonds is 5. The fraction of sp³-hybridized carbons (Fsp3) is 0.588. The molecule has 124 valence electrons. The second kappa shape index (κ2) is 7.08. The van der Waals surface area contributed by atoms with E-state index in [2.05, 4.69) is 44.6 Å². The first kappa shape index (κ1) is 15.9. The monoisotopic (exact) mass is 314 g/mol. The molecule has 0 bridgehead atoms. The Hall–Kier alpha value is -1.95. The van der Waals surface area contributed by atoms with Crippen molar-refractivity contribution in [1.29, 1.82) is 0 Å². The van der Waals surface area contributed by atoms with Gasteiger partial charge in [0.15, 0.2) is 0 Å². The van der Waals surface area contributed by atoms with Crippen LogP contribution in [0.25, 0.3) is 0 Å². The van der Waals surface area contributed by atoms with E-state index in [4.69, 9.17) is 5.73 Å². The highest BCUT2D eigenvalue weighted by molar-refractivity contribution is 5.33. The fourth-order valence-electron chi connectivity index (χ4n) is 3.43. The highest BCUT2D eigenvalue weighted by atomic mass is 15.3. The van der Waals surface area contributed by atoms with Gasteiger partial charge < -0.3 is 5.73 Å². The average Bonchev–Trinajstić information content (AvgIpc) is 2.98. The quantitative estimate of drug-likeness (QED) is 0.916. The first-order chi connectivity index (χ1) is 11.1. The first-order valence-electron chi connectivity index (χ1n) is 8.43. The number of anilines is 1. The van der Waals surface area contributed by atoms with Gasteiger partial charge in [0.05, 0.1) is 11.4 Å². The van der Waals surface area contributed by atoms with Crippen molar-refractivity contribution < 1.29 is 0 Å². The lowest BCUT2D eigenvalue weighted by Gasteiger charge is -2.33. The van der Waals surface area contributed by atoms with E-state index in [1.165, 1.54) is 18.5 Å². The van der Waals surface area contributed by atoms with Crippen molar-refractivity contribution >= 4 is 5.82 Å². The van der Waals surface area contributed by atoms with Crippen LogP contribution in [0, 0.1) is 5.92 Å². The lowest BCUT2D eigenvalue weighted by atomic mass is 9.93. The number of aromatic nitrogens is 4. The molecule has 3 heterocycles. The third-order valence-corrected chi connectivity index (χ3v) is 4.52. The standard InChI is InChI=1S/C17H26N6/c1-13(2)23-15(5-6-21-23)12-22-9-3-4-14(11-22)10-16-17(18)20-8-7-19-16/h5-8,13-14H,3-4,9-12H2,1-2H3,(H2,18,20)/t14-/m0/s1. The van der Waals surface area contributed by atoms with E-state index in [0.717, 1.165) is 31.7 Å². The molecule has 0 unspecified atom stereocenters. The Morgan fingerprint density at radius 1 is 1.26 bits per heavy atom. The first-order valence-corrected chi connectivity index (χ1v) is 8.43. The highest BCUT2D eigenvalue weighted by Crippen LogP contribution is 2.23. The second-order valence-electron chi connectivity index (χ2n) is 6.70. The van der Waals surface area contributed by atoms with Crippen LogP contribution >= 0.6 is 0 Å². The summed E-state index contributed by atoms with van der Waals surface area (Å²) in [7, 11) is 0. The average molecular weight is 314 g/mol. The van der Waals surface area contributed by atoms with Crippen LogP contribution in [0.3, 0.4) is 0 Å². The van der Waals surface area contributed by atoms with Crippen molar-refractivity contribution in [3.63, 3.8) is 0 Å². The van der Waals surface area contributed by atoms with Crippen LogP contribution in [0.15, 0.2) is 24.7 Å². The van der Waals surface area contributed by atoms with E-state index in [1.807, 2.05) is 6.20 Å². The molecule has 0 amide bonds. The minimum Gasteiger partial charge on any atom is -0.382 e. The molecule has 1 aliphatic rings. The number of nitrogens with zero attached hydrogens (tertiary/aromatic N) is 5. The van der Waals surface area contributed by atoms with Gasteiger partial charge in [0.1, 0.15) is 5.82 Å². The molecular formula is C17H26N6. The van der Waals surface area contributed by atoms with Crippen molar-refractivity contribution in [2.75, 3.05) is 18.8 Å². The van der Waals surface area contributed by atoms with E-state index < -0.39 is 0 Å². The maximum absolute atomic E-state index is 5.94. The van der Waals surface area contributed by atoms with E-state index in [0.29, 0.717) is 17.8 Å². The van der Waals surface area contributed by atoms with Gasteiger partial charge in [0, 0.05) is 37.7 Å². The SMILES string of the molecule is CC(C)n1nccc1CN1CCC[C@@H](Cc2nccnc2N)C1. The van der Waals surface area contributed by atoms with Crippen LogP contribution in [0.2, 0.25) is 0 Å². The highest BCUT2D eigenvalue weighted by Gasteiger charge is 2.22. The molecule has 1 saturated heterocycles. The van der Waals surface area contributed by atoms with Crippen molar-refractivity contribution in [1.82, 2.24) is 24.6 Å². The molecule has 0 aliphatic carbocycles. The number of hydrogen-bond acceptors (Lipinski definition) is 5. The van der Waals surface area contributed by atoms with Crippen LogP contribution in [0.1, 0.15) is 44.1 Å². The van der Waals surface area contributed by atoms with Gasteiger partial charge >= 0.3 is 0 Å². The lowest BCUT2D eigenvalue weighted by Crippen LogP contribution is -2.36. The van der Waals surface area contributed by atoms with Crippen LogP contribution < -0.4 is 5.73 Å². The molecule has 1 aliphatic heterocycles. The fourth-order valence-corrected chi connectivity index (χ4v) is 3.43. The third-order valence-electron chi connectivity index (χ3n) is 4.52. The molecule has 2 aromatic rings. The summed E-state index contributed by atoms with van der Waals surface area (Å²) >= 11 is 0. The van der Waals surface area contributed by atoms with Gasteiger partial charge in [-0.05, 0) is 51.6 Å². The van der Waals surface area contributed by atoms with Crippen molar-refractivity contribution in [3.8, 4) is 0 Å².